The Kier molecular flexibility index (Phi) is 6.54. The van der Waals surface area contributed by atoms with Crippen LogP contribution in [0.3, 0.4) is 0 Å². The molecule has 0 bridgehead atoms. The maximum Gasteiger partial charge on any atom is 0.268 e. The molecule has 7 nitrogen and oxygen atoms in total. The first-order chi connectivity index (χ1) is 14.0. The van der Waals surface area contributed by atoms with Crippen LogP contribution in [0.2, 0.25) is 0 Å². The Balaban J connectivity index is 1.73. The van der Waals surface area contributed by atoms with Crippen molar-refractivity contribution in [2.45, 2.75) is 26.2 Å². The van der Waals surface area contributed by atoms with Gasteiger partial charge in [0, 0.05) is 18.7 Å². The van der Waals surface area contributed by atoms with Crippen LogP contribution in [0.1, 0.15) is 37.3 Å². The number of hydrogen-bond acceptors (Lipinski definition) is 6. The van der Waals surface area contributed by atoms with Gasteiger partial charge in [0.05, 0.1) is 6.61 Å². The molecule has 2 aromatic rings. The Hall–Kier alpha value is -3.29. The summed E-state index contributed by atoms with van der Waals surface area (Å²) < 4.78 is 5.88. The first-order valence-corrected chi connectivity index (χ1v) is 9.85. The van der Waals surface area contributed by atoms with Gasteiger partial charge in [0.15, 0.2) is 0 Å². The molecule has 0 amide bonds. The minimum absolute atomic E-state index is 0.0476. The lowest BCUT2D eigenvalue weighted by atomic mass is 9.96. The maximum atomic E-state index is 12.1. The standard InChI is InChI=1S/C22H25N5O2/c1-15-5-3-8-27(14-15)9-4-10-29-17-7-2-6-16(11-17)20-18(12-23)21(25)26-22(28)19(20)13-24/h2,6-7,11,15H,3-5,8-10,14H2,1H3,(H3,25,26,28). The Bertz CT molecular complexity index is 1020. The van der Waals surface area contributed by atoms with Crippen LogP contribution in [-0.4, -0.2) is 36.1 Å². The van der Waals surface area contributed by atoms with Gasteiger partial charge in [0.1, 0.15) is 34.8 Å². The largest absolute Gasteiger partial charge is 0.494 e. The average Bonchev–Trinajstić information content (AvgIpc) is 2.71. The summed E-state index contributed by atoms with van der Waals surface area (Å²) in [6.45, 7) is 6.17. The molecule has 1 unspecified atom stereocenters. The molecule has 0 radical (unpaired) electrons. The number of H-pyrrole nitrogens is 1. The second kappa shape index (κ2) is 9.27. The summed E-state index contributed by atoms with van der Waals surface area (Å²) in [6, 6.07) is 10.9. The van der Waals surface area contributed by atoms with Crippen LogP contribution in [0.25, 0.3) is 11.1 Å². The molecule has 0 spiro atoms. The Labute approximate surface area is 170 Å². The first-order valence-electron chi connectivity index (χ1n) is 9.85. The molecular formula is C22H25N5O2. The highest BCUT2D eigenvalue weighted by atomic mass is 16.5. The predicted octanol–water partition coefficient (Wildman–Crippen LogP) is 2.87. The average molecular weight is 391 g/mol. The summed E-state index contributed by atoms with van der Waals surface area (Å²) in [5.41, 5.74) is 5.92. The van der Waals surface area contributed by atoms with E-state index in [4.69, 9.17) is 10.5 Å². The van der Waals surface area contributed by atoms with E-state index in [1.54, 1.807) is 18.2 Å². The van der Waals surface area contributed by atoms with Crippen LogP contribution in [-0.2, 0) is 0 Å². The summed E-state index contributed by atoms with van der Waals surface area (Å²) in [7, 11) is 0. The maximum absolute atomic E-state index is 12.1. The summed E-state index contributed by atoms with van der Waals surface area (Å²) in [5, 5.41) is 18.9. The molecule has 1 aromatic carbocycles. The fourth-order valence-electron chi connectivity index (χ4n) is 3.84. The molecule has 3 rings (SSSR count). The van der Waals surface area contributed by atoms with E-state index in [2.05, 4.69) is 16.8 Å². The number of pyridine rings is 1. The van der Waals surface area contributed by atoms with Gasteiger partial charge in [-0.3, -0.25) is 4.79 Å². The number of aromatic amines is 1. The highest BCUT2D eigenvalue weighted by Gasteiger charge is 2.19. The number of aromatic nitrogens is 1. The highest BCUT2D eigenvalue weighted by molar-refractivity contribution is 5.80. The molecule has 1 atom stereocenters. The molecule has 1 aliphatic rings. The molecule has 1 aromatic heterocycles. The first kappa shape index (κ1) is 20.4. The molecule has 2 heterocycles. The SMILES string of the molecule is CC1CCCN(CCCOc2cccc(-c3c(C#N)c(N)[nH]c(=O)c3C#N)c2)C1. The van der Waals surface area contributed by atoms with Gasteiger partial charge in [-0.15, -0.1) is 0 Å². The number of nitrogens with one attached hydrogen (secondary N) is 1. The van der Waals surface area contributed by atoms with Crippen LogP contribution in [0, 0.1) is 28.6 Å². The molecule has 1 saturated heterocycles. The number of benzene rings is 1. The van der Waals surface area contributed by atoms with Crippen LogP contribution < -0.4 is 16.0 Å². The van der Waals surface area contributed by atoms with E-state index in [0.29, 0.717) is 17.9 Å². The zero-order chi connectivity index (χ0) is 20.8. The lowest BCUT2D eigenvalue weighted by molar-refractivity contribution is 0.170. The lowest BCUT2D eigenvalue weighted by Crippen LogP contribution is -2.35. The van der Waals surface area contributed by atoms with E-state index in [0.717, 1.165) is 32.0 Å². The summed E-state index contributed by atoms with van der Waals surface area (Å²) in [5.74, 6) is 1.33. The van der Waals surface area contributed by atoms with Gasteiger partial charge >= 0.3 is 0 Å². The number of likely N-dealkylation sites (tertiary alicyclic amines) is 1. The summed E-state index contributed by atoms with van der Waals surface area (Å²) in [6.07, 6.45) is 3.48. The Morgan fingerprint density at radius 1 is 1.31 bits per heavy atom. The number of anilines is 1. The third-order valence-corrected chi connectivity index (χ3v) is 5.22. The monoisotopic (exact) mass is 391 g/mol. The number of nitriles is 2. The quantitative estimate of drug-likeness (QED) is 0.731. The molecule has 3 N–H and O–H groups in total. The molecule has 29 heavy (non-hydrogen) atoms. The van der Waals surface area contributed by atoms with Crippen molar-refractivity contribution in [2.24, 2.45) is 5.92 Å². The van der Waals surface area contributed by atoms with E-state index in [-0.39, 0.29) is 22.5 Å². The molecule has 1 fully saturated rings. The number of nitrogens with zero attached hydrogens (tertiary/aromatic N) is 3. The second-order valence-electron chi connectivity index (χ2n) is 7.49. The molecular weight excluding hydrogens is 366 g/mol. The third-order valence-electron chi connectivity index (χ3n) is 5.22. The van der Waals surface area contributed by atoms with Gasteiger partial charge in [0.25, 0.3) is 5.56 Å². The number of hydrogen-bond donors (Lipinski definition) is 2. The summed E-state index contributed by atoms with van der Waals surface area (Å²) in [4.78, 5) is 16.9. The van der Waals surface area contributed by atoms with Crippen molar-refractivity contribution in [3.05, 3.63) is 45.7 Å². The molecule has 0 aliphatic carbocycles. The van der Waals surface area contributed by atoms with Crippen LogP contribution in [0.5, 0.6) is 5.75 Å². The second-order valence-corrected chi connectivity index (χ2v) is 7.49. The van der Waals surface area contributed by atoms with Gasteiger partial charge in [-0.1, -0.05) is 19.1 Å². The van der Waals surface area contributed by atoms with Gasteiger partial charge < -0.3 is 20.4 Å². The van der Waals surface area contributed by atoms with Crippen molar-refractivity contribution in [3.8, 4) is 29.0 Å². The van der Waals surface area contributed by atoms with E-state index in [9.17, 15) is 15.3 Å². The van der Waals surface area contributed by atoms with E-state index >= 15 is 0 Å². The number of nitrogens with two attached hydrogens (primary N) is 1. The van der Waals surface area contributed by atoms with Gasteiger partial charge in [-0.25, -0.2) is 0 Å². The highest BCUT2D eigenvalue weighted by Crippen LogP contribution is 2.30. The van der Waals surface area contributed by atoms with Gasteiger partial charge in [0.2, 0.25) is 0 Å². The summed E-state index contributed by atoms with van der Waals surface area (Å²) >= 11 is 0. The van der Waals surface area contributed by atoms with Crippen molar-refractivity contribution < 1.29 is 4.74 Å². The Morgan fingerprint density at radius 3 is 2.83 bits per heavy atom. The van der Waals surface area contributed by atoms with E-state index in [1.807, 2.05) is 18.2 Å². The fraction of sp³-hybridized carbons (Fsp3) is 0.409. The van der Waals surface area contributed by atoms with E-state index < -0.39 is 5.56 Å². The van der Waals surface area contributed by atoms with Crippen LogP contribution >= 0.6 is 0 Å². The van der Waals surface area contributed by atoms with Crippen LogP contribution in [0.4, 0.5) is 5.82 Å². The van der Waals surface area contributed by atoms with Crippen molar-refractivity contribution in [3.63, 3.8) is 0 Å². The normalized spacial score (nSPS) is 16.7. The van der Waals surface area contributed by atoms with Crippen LogP contribution in [0.15, 0.2) is 29.1 Å². The smallest absolute Gasteiger partial charge is 0.268 e. The van der Waals surface area contributed by atoms with Crippen molar-refractivity contribution in [1.29, 1.82) is 10.5 Å². The van der Waals surface area contributed by atoms with E-state index in [1.165, 1.54) is 12.8 Å². The zero-order valence-electron chi connectivity index (χ0n) is 16.6. The minimum atomic E-state index is -0.610. The number of rotatable bonds is 6. The predicted molar refractivity (Wildman–Crippen MR) is 111 cm³/mol. The lowest BCUT2D eigenvalue weighted by Gasteiger charge is -2.30. The van der Waals surface area contributed by atoms with Gasteiger partial charge in [-0.05, 0) is 49.4 Å². The molecule has 0 saturated carbocycles. The topological polar surface area (TPSA) is 119 Å². The van der Waals surface area contributed by atoms with Crippen molar-refractivity contribution in [2.75, 3.05) is 32.0 Å². The molecule has 7 heteroatoms. The van der Waals surface area contributed by atoms with Crippen molar-refractivity contribution in [1.82, 2.24) is 9.88 Å². The minimum Gasteiger partial charge on any atom is -0.494 e. The number of ether oxygens (including phenoxy) is 1. The zero-order valence-corrected chi connectivity index (χ0v) is 16.6. The Morgan fingerprint density at radius 2 is 2.10 bits per heavy atom. The van der Waals surface area contributed by atoms with Gasteiger partial charge in [-0.2, -0.15) is 10.5 Å². The molecule has 1 aliphatic heterocycles. The van der Waals surface area contributed by atoms with Crippen molar-refractivity contribution >= 4 is 5.82 Å². The number of piperidine rings is 1. The fourth-order valence-corrected chi connectivity index (χ4v) is 3.84. The molecule has 150 valence electrons. The number of nitrogen functional groups attached to an aromatic ring is 1. The third kappa shape index (κ3) is 4.77.